The van der Waals surface area contributed by atoms with Crippen LogP contribution in [-0.2, 0) is 5.60 Å². The monoisotopic (exact) mass is 449 g/mol. The van der Waals surface area contributed by atoms with Gasteiger partial charge >= 0.3 is 12.4 Å². The number of halogens is 6. The number of carbonyl (C=O) groups excluding carboxylic acids is 1. The molecule has 0 spiro atoms. The van der Waals surface area contributed by atoms with Gasteiger partial charge in [-0.3, -0.25) is 4.79 Å². The Kier molecular flexibility index (Phi) is 5.85. The lowest BCUT2D eigenvalue weighted by Crippen LogP contribution is -2.54. The van der Waals surface area contributed by atoms with E-state index in [1.54, 1.807) is 37.3 Å². The third kappa shape index (κ3) is 3.78. The molecule has 3 rings (SSSR count). The molecule has 2 aromatic rings. The summed E-state index contributed by atoms with van der Waals surface area (Å²) in [5.74, 6) is -0.412. The van der Waals surface area contributed by atoms with Gasteiger partial charge in [-0.15, -0.1) is 11.8 Å². The van der Waals surface area contributed by atoms with E-state index in [2.05, 4.69) is 0 Å². The van der Waals surface area contributed by atoms with Crippen LogP contribution < -0.4 is 4.90 Å². The number of aliphatic hydroxyl groups is 1. The molecule has 0 fully saturated rings. The molecule has 1 heterocycles. The van der Waals surface area contributed by atoms with Crippen LogP contribution in [0, 0.1) is 0 Å². The molecular weight excluding hydrogens is 432 g/mol. The number of amides is 1. The Morgan fingerprint density at radius 1 is 1.07 bits per heavy atom. The van der Waals surface area contributed by atoms with Crippen LogP contribution in [0.15, 0.2) is 53.4 Å². The number of anilines is 1. The molecule has 0 aromatic heterocycles. The molecule has 162 valence electrons. The maximum atomic E-state index is 13.2. The number of rotatable bonds is 3. The largest absolute Gasteiger partial charge is 0.430 e. The standard InChI is InChI=1S/C20H17F6NO2S/c1-2-14-11-27(17(28)12-6-4-3-5-7-12)15-9-8-13(10-16(15)30-14)18(29,19(21,22)23)20(24,25)26/h3-10,14,29H,2,11H2,1H3. The maximum absolute atomic E-state index is 13.2. The van der Waals surface area contributed by atoms with Gasteiger partial charge in [-0.2, -0.15) is 26.3 Å². The summed E-state index contributed by atoms with van der Waals surface area (Å²) in [5.41, 5.74) is -5.80. The predicted molar refractivity (Wildman–Crippen MR) is 101 cm³/mol. The van der Waals surface area contributed by atoms with Gasteiger partial charge < -0.3 is 10.0 Å². The smallest absolute Gasteiger partial charge is 0.369 e. The predicted octanol–water partition coefficient (Wildman–Crippen LogP) is 5.53. The first-order valence-corrected chi connectivity index (χ1v) is 9.82. The van der Waals surface area contributed by atoms with Crippen LogP contribution in [0.2, 0.25) is 0 Å². The lowest BCUT2D eigenvalue weighted by molar-refractivity contribution is -0.376. The average molecular weight is 449 g/mol. The van der Waals surface area contributed by atoms with Crippen molar-refractivity contribution in [2.24, 2.45) is 0 Å². The fraction of sp³-hybridized carbons (Fsp3) is 0.350. The Bertz CT molecular complexity index is 915. The number of nitrogens with zero attached hydrogens (tertiary/aromatic N) is 1. The SMILES string of the molecule is CCC1CN(C(=O)c2ccccc2)c2ccc(C(O)(C(F)(F)F)C(F)(F)F)cc2S1. The number of alkyl halides is 6. The fourth-order valence-corrected chi connectivity index (χ4v) is 4.45. The van der Waals surface area contributed by atoms with Crippen LogP contribution in [0.4, 0.5) is 32.0 Å². The van der Waals surface area contributed by atoms with Gasteiger partial charge in [0.1, 0.15) is 0 Å². The zero-order valence-corrected chi connectivity index (χ0v) is 16.4. The summed E-state index contributed by atoms with van der Waals surface area (Å²) in [7, 11) is 0. The molecule has 1 amide bonds. The minimum absolute atomic E-state index is 0.0711. The first-order valence-electron chi connectivity index (χ1n) is 8.94. The highest BCUT2D eigenvalue weighted by Gasteiger charge is 2.71. The van der Waals surface area contributed by atoms with Crippen molar-refractivity contribution in [1.82, 2.24) is 0 Å². The molecule has 0 radical (unpaired) electrons. The lowest BCUT2D eigenvalue weighted by atomic mass is 9.92. The van der Waals surface area contributed by atoms with Crippen molar-refractivity contribution in [1.29, 1.82) is 0 Å². The quantitative estimate of drug-likeness (QED) is 0.627. The van der Waals surface area contributed by atoms with Gasteiger partial charge in [0.05, 0.1) is 5.69 Å². The average Bonchev–Trinajstić information content (AvgIpc) is 2.70. The zero-order valence-electron chi connectivity index (χ0n) is 15.6. The highest BCUT2D eigenvalue weighted by Crippen LogP contribution is 2.52. The van der Waals surface area contributed by atoms with Crippen LogP contribution in [0.5, 0.6) is 0 Å². The Labute approximate surface area is 172 Å². The normalized spacial score (nSPS) is 17.6. The van der Waals surface area contributed by atoms with E-state index in [4.69, 9.17) is 0 Å². The highest BCUT2D eigenvalue weighted by molar-refractivity contribution is 8.00. The minimum atomic E-state index is -5.97. The van der Waals surface area contributed by atoms with Gasteiger partial charge in [0.25, 0.3) is 11.5 Å². The highest BCUT2D eigenvalue weighted by atomic mass is 32.2. The Balaban J connectivity index is 2.11. The van der Waals surface area contributed by atoms with Gasteiger partial charge in [-0.1, -0.05) is 31.2 Å². The van der Waals surface area contributed by atoms with E-state index in [-0.39, 0.29) is 22.4 Å². The van der Waals surface area contributed by atoms with E-state index in [0.29, 0.717) is 24.1 Å². The van der Waals surface area contributed by atoms with Crippen LogP contribution >= 0.6 is 11.8 Å². The number of benzene rings is 2. The molecular formula is C20H17F6NO2S. The number of fused-ring (bicyclic) bond motifs is 1. The molecule has 0 aliphatic carbocycles. The van der Waals surface area contributed by atoms with Crippen molar-refractivity contribution in [3.8, 4) is 0 Å². The fourth-order valence-electron chi connectivity index (χ4n) is 3.20. The van der Waals surface area contributed by atoms with Crippen molar-refractivity contribution in [2.75, 3.05) is 11.4 Å². The molecule has 1 aliphatic rings. The molecule has 30 heavy (non-hydrogen) atoms. The van der Waals surface area contributed by atoms with Crippen molar-refractivity contribution < 1.29 is 36.2 Å². The molecule has 2 aromatic carbocycles. The van der Waals surface area contributed by atoms with E-state index >= 15 is 0 Å². The summed E-state index contributed by atoms with van der Waals surface area (Å²) in [6.45, 7) is 2.06. The number of hydrogen-bond acceptors (Lipinski definition) is 3. The van der Waals surface area contributed by atoms with Crippen molar-refractivity contribution in [3.05, 3.63) is 59.7 Å². The Morgan fingerprint density at radius 2 is 1.67 bits per heavy atom. The Hall–Kier alpha value is -2.20. The van der Waals surface area contributed by atoms with Gasteiger partial charge in [0.2, 0.25) is 0 Å². The summed E-state index contributed by atoms with van der Waals surface area (Å²) < 4.78 is 79.5. The van der Waals surface area contributed by atoms with E-state index in [1.165, 1.54) is 4.90 Å². The summed E-state index contributed by atoms with van der Waals surface area (Å²) in [4.78, 5) is 14.3. The zero-order chi connectivity index (χ0) is 22.3. The molecule has 0 bridgehead atoms. The van der Waals surface area contributed by atoms with Gasteiger partial charge in [-0.05, 0) is 30.7 Å². The van der Waals surface area contributed by atoms with Gasteiger partial charge in [-0.25, -0.2) is 0 Å². The maximum Gasteiger partial charge on any atom is 0.430 e. The van der Waals surface area contributed by atoms with Crippen LogP contribution in [0.3, 0.4) is 0 Å². The second kappa shape index (κ2) is 7.81. The third-order valence-corrected chi connectivity index (χ3v) is 6.29. The third-order valence-electron chi connectivity index (χ3n) is 4.89. The van der Waals surface area contributed by atoms with E-state index < -0.39 is 29.4 Å². The van der Waals surface area contributed by atoms with Crippen LogP contribution in [-0.4, -0.2) is 35.2 Å². The molecule has 10 heteroatoms. The topological polar surface area (TPSA) is 40.5 Å². The van der Waals surface area contributed by atoms with Crippen molar-refractivity contribution in [3.63, 3.8) is 0 Å². The molecule has 1 N–H and O–H groups in total. The molecule has 1 aliphatic heterocycles. The molecule has 0 saturated heterocycles. The van der Waals surface area contributed by atoms with Crippen LogP contribution in [0.1, 0.15) is 29.3 Å². The minimum Gasteiger partial charge on any atom is -0.369 e. The van der Waals surface area contributed by atoms with Gasteiger partial charge in [0.15, 0.2) is 0 Å². The second-order valence-corrected chi connectivity index (χ2v) is 8.16. The molecule has 3 nitrogen and oxygen atoms in total. The molecule has 0 saturated carbocycles. The molecule has 1 unspecified atom stereocenters. The van der Waals surface area contributed by atoms with Gasteiger partial charge in [0, 0.05) is 27.8 Å². The first-order chi connectivity index (χ1) is 13.9. The van der Waals surface area contributed by atoms with Crippen LogP contribution in [0.25, 0.3) is 0 Å². The summed E-state index contributed by atoms with van der Waals surface area (Å²) >= 11 is 1.09. The molecule has 1 atom stereocenters. The summed E-state index contributed by atoms with van der Waals surface area (Å²) in [6, 6.07) is 10.4. The summed E-state index contributed by atoms with van der Waals surface area (Å²) in [5, 5.41) is 9.46. The Morgan fingerprint density at radius 3 is 2.20 bits per heavy atom. The van der Waals surface area contributed by atoms with E-state index in [1.807, 2.05) is 0 Å². The number of hydrogen-bond donors (Lipinski definition) is 1. The van der Waals surface area contributed by atoms with Crippen molar-refractivity contribution in [2.45, 2.75) is 41.4 Å². The first kappa shape index (κ1) is 22.5. The number of carbonyl (C=O) groups is 1. The van der Waals surface area contributed by atoms with E-state index in [9.17, 15) is 36.2 Å². The van der Waals surface area contributed by atoms with Crippen molar-refractivity contribution >= 4 is 23.4 Å². The second-order valence-electron chi connectivity index (χ2n) is 6.82. The number of thioether (sulfide) groups is 1. The van der Waals surface area contributed by atoms with E-state index in [0.717, 1.165) is 17.8 Å². The lowest BCUT2D eigenvalue weighted by Gasteiger charge is -2.36. The summed E-state index contributed by atoms with van der Waals surface area (Å²) in [6.07, 6.45) is -11.4.